The lowest BCUT2D eigenvalue weighted by Crippen LogP contribution is -1.98. The normalized spacial score (nSPS) is 10.9. The van der Waals surface area contributed by atoms with Crippen molar-refractivity contribution in [3.63, 3.8) is 0 Å². The second kappa shape index (κ2) is 5.69. The number of nitrogens with zero attached hydrogens (tertiary/aromatic N) is 3. The molecular formula is C17H15N5O2. The van der Waals surface area contributed by atoms with Gasteiger partial charge in [-0.25, -0.2) is 9.97 Å². The van der Waals surface area contributed by atoms with E-state index in [1.165, 1.54) is 6.33 Å². The van der Waals surface area contributed by atoms with Gasteiger partial charge in [-0.05, 0) is 24.3 Å². The fraction of sp³-hybridized carbons (Fsp3) is 0.118. The van der Waals surface area contributed by atoms with Gasteiger partial charge in [-0.1, -0.05) is 0 Å². The summed E-state index contributed by atoms with van der Waals surface area (Å²) in [5, 5.41) is 12.2. The van der Waals surface area contributed by atoms with Crippen LogP contribution in [-0.4, -0.2) is 34.4 Å². The van der Waals surface area contributed by atoms with Crippen LogP contribution in [0.3, 0.4) is 0 Å². The summed E-state index contributed by atoms with van der Waals surface area (Å²) in [7, 11) is 3.20. The number of hydrogen-bond acceptors (Lipinski definition) is 6. The summed E-state index contributed by atoms with van der Waals surface area (Å²) in [6.07, 6.45) is 3.31. The van der Waals surface area contributed by atoms with E-state index in [0.717, 1.165) is 27.5 Å². The van der Waals surface area contributed by atoms with Crippen molar-refractivity contribution < 1.29 is 9.47 Å². The van der Waals surface area contributed by atoms with Gasteiger partial charge in [-0.2, -0.15) is 5.10 Å². The summed E-state index contributed by atoms with van der Waals surface area (Å²) >= 11 is 0. The third-order valence-electron chi connectivity index (χ3n) is 3.85. The summed E-state index contributed by atoms with van der Waals surface area (Å²) in [4.78, 5) is 8.66. The smallest absolute Gasteiger partial charge is 0.162 e. The Labute approximate surface area is 137 Å². The van der Waals surface area contributed by atoms with E-state index >= 15 is 0 Å². The van der Waals surface area contributed by atoms with Crippen LogP contribution < -0.4 is 14.8 Å². The third-order valence-corrected chi connectivity index (χ3v) is 3.85. The summed E-state index contributed by atoms with van der Waals surface area (Å²) in [6.45, 7) is 0. The Balaban J connectivity index is 1.80. The second-order valence-electron chi connectivity index (χ2n) is 5.24. The van der Waals surface area contributed by atoms with E-state index in [0.29, 0.717) is 17.3 Å². The van der Waals surface area contributed by atoms with Crippen LogP contribution in [0.1, 0.15) is 0 Å². The van der Waals surface area contributed by atoms with Crippen LogP contribution in [0.5, 0.6) is 11.5 Å². The molecule has 0 bridgehead atoms. The SMILES string of the molecule is COc1cc2ncnc(Nc3ccc4cn[nH]c4c3)c2cc1OC. The number of hydrogen-bond donors (Lipinski definition) is 2. The topological polar surface area (TPSA) is 85.0 Å². The Hall–Kier alpha value is -3.35. The zero-order chi connectivity index (χ0) is 16.5. The largest absolute Gasteiger partial charge is 0.493 e. The minimum atomic E-state index is 0.631. The Morgan fingerprint density at radius 3 is 2.67 bits per heavy atom. The van der Waals surface area contributed by atoms with Gasteiger partial charge in [-0.3, -0.25) is 5.10 Å². The van der Waals surface area contributed by atoms with Gasteiger partial charge in [0.1, 0.15) is 12.1 Å². The van der Waals surface area contributed by atoms with Crippen molar-refractivity contribution in [2.24, 2.45) is 0 Å². The van der Waals surface area contributed by atoms with Gasteiger partial charge in [0.2, 0.25) is 0 Å². The standard InChI is InChI=1S/C17H15N5O2/c1-23-15-6-12-14(7-16(15)24-2)18-9-19-17(12)21-11-4-3-10-8-20-22-13(10)5-11/h3-9H,1-2H3,(H,20,22)(H,18,19,21). The first-order chi connectivity index (χ1) is 11.8. The van der Waals surface area contributed by atoms with E-state index in [2.05, 4.69) is 25.5 Å². The van der Waals surface area contributed by atoms with Crippen LogP contribution >= 0.6 is 0 Å². The molecule has 0 fully saturated rings. The molecule has 0 radical (unpaired) electrons. The average molecular weight is 321 g/mol. The average Bonchev–Trinajstić information content (AvgIpc) is 3.08. The number of methoxy groups -OCH3 is 2. The minimum absolute atomic E-state index is 0.631. The molecule has 0 aliphatic carbocycles. The first kappa shape index (κ1) is 14.3. The molecule has 0 unspecified atom stereocenters. The molecule has 2 N–H and O–H groups in total. The first-order valence-electron chi connectivity index (χ1n) is 7.35. The van der Waals surface area contributed by atoms with Crippen molar-refractivity contribution >= 4 is 33.3 Å². The molecule has 120 valence electrons. The van der Waals surface area contributed by atoms with Crippen molar-refractivity contribution in [1.82, 2.24) is 20.2 Å². The molecule has 7 nitrogen and oxygen atoms in total. The first-order valence-corrected chi connectivity index (χ1v) is 7.35. The van der Waals surface area contributed by atoms with Crippen LogP contribution in [-0.2, 0) is 0 Å². The Bertz CT molecular complexity index is 1030. The number of rotatable bonds is 4. The third kappa shape index (κ3) is 2.36. The molecule has 0 amide bonds. The highest BCUT2D eigenvalue weighted by Gasteiger charge is 2.11. The van der Waals surface area contributed by atoms with Gasteiger partial charge in [0.05, 0.1) is 31.4 Å². The predicted octanol–water partition coefficient (Wildman–Crippen LogP) is 3.27. The van der Waals surface area contributed by atoms with Crippen molar-refractivity contribution in [2.45, 2.75) is 0 Å². The van der Waals surface area contributed by atoms with Gasteiger partial charge < -0.3 is 14.8 Å². The molecule has 0 aliphatic rings. The molecule has 4 aromatic rings. The predicted molar refractivity (Wildman–Crippen MR) is 92.0 cm³/mol. The van der Waals surface area contributed by atoms with Crippen LogP contribution in [0.2, 0.25) is 0 Å². The number of H-pyrrole nitrogens is 1. The lowest BCUT2D eigenvalue weighted by atomic mass is 10.2. The van der Waals surface area contributed by atoms with E-state index in [9.17, 15) is 0 Å². The molecule has 7 heteroatoms. The van der Waals surface area contributed by atoms with Crippen LogP contribution in [0.4, 0.5) is 11.5 Å². The molecular weight excluding hydrogens is 306 g/mol. The highest BCUT2D eigenvalue weighted by Crippen LogP contribution is 2.34. The van der Waals surface area contributed by atoms with Crippen molar-refractivity contribution in [1.29, 1.82) is 0 Å². The molecule has 0 aliphatic heterocycles. The Morgan fingerprint density at radius 2 is 1.83 bits per heavy atom. The van der Waals surface area contributed by atoms with Crippen molar-refractivity contribution in [3.05, 3.63) is 42.9 Å². The van der Waals surface area contributed by atoms with Gasteiger partial charge in [0, 0.05) is 22.5 Å². The number of benzene rings is 2. The monoisotopic (exact) mass is 321 g/mol. The quantitative estimate of drug-likeness (QED) is 0.600. The lowest BCUT2D eigenvalue weighted by Gasteiger charge is -2.12. The number of aromatic nitrogens is 4. The Kier molecular flexibility index (Phi) is 3.38. The number of fused-ring (bicyclic) bond motifs is 2. The van der Waals surface area contributed by atoms with Crippen LogP contribution in [0, 0.1) is 0 Å². The summed E-state index contributed by atoms with van der Waals surface area (Å²) in [5.74, 6) is 1.96. The van der Waals surface area contributed by atoms with Crippen LogP contribution in [0.25, 0.3) is 21.8 Å². The number of anilines is 2. The van der Waals surface area contributed by atoms with Crippen molar-refractivity contribution in [2.75, 3.05) is 19.5 Å². The number of nitrogens with one attached hydrogen (secondary N) is 2. The molecule has 2 heterocycles. The Morgan fingerprint density at radius 1 is 1.00 bits per heavy atom. The van der Waals surface area contributed by atoms with Gasteiger partial charge in [0.15, 0.2) is 11.5 Å². The molecule has 4 rings (SSSR count). The maximum atomic E-state index is 5.38. The highest BCUT2D eigenvalue weighted by atomic mass is 16.5. The minimum Gasteiger partial charge on any atom is -0.493 e. The van der Waals surface area contributed by atoms with E-state index in [4.69, 9.17) is 9.47 Å². The molecule has 0 atom stereocenters. The molecule has 2 aromatic carbocycles. The summed E-state index contributed by atoms with van der Waals surface area (Å²) in [5.41, 5.74) is 2.63. The zero-order valence-corrected chi connectivity index (χ0v) is 13.2. The lowest BCUT2D eigenvalue weighted by molar-refractivity contribution is 0.356. The van der Waals surface area contributed by atoms with Crippen LogP contribution in [0.15, 0.2) is 42.9 Å². The van der Waals surface area contributed by atoms with E-state index in [-0.39, 0.29) is 0 Å². The number of aromatic amines is 1. The van der Waals surface area contributed by atoms with E-state index in [1.807, 2.05) is 30.3 Å². The molecule has 0 saturated heterocycles. The van der Waals surface area contributed by atoms with Gasteiger partial charge in [-0.15, -0.1) is 0 Å². The van der Waals surface area contributed by atoms with Crippen molar-refractivity contribution in [3.8, 4) is 11.5 Å². The highest BCUT2D eigenvalue weighted by molar-refractivity contribution is 5.93. The number of ether oxygens (including phenoxy) is 2. The second-order valence-corrected chi connectivity index (χ2v) is 5.24. The van der Waals surface area contributed by atoms with Gasteiger partial charge >= 0.3 is 0 Å². The fourth-order valence-electron chi connectivity index (χ4n) is 2.63. The van der Waals surface area contributed by atoms with E-state index < -0.39 is 0 Å². The maximum absolute atomic E-state index is 5.38. The fourth-order valence-corrected chi connectivity index (χ4v) is 2.63. The summed E-state index contributed by atoms with van der Waals surface area (Å²) < 4.78 is 10.7. The molecule has 24 heavy (non-hydrogen) atoms. The molecule has 2 aromatic heterocycles. The molecule has 0 saturated carbocycles. The van der Waals surface area contributed by atoms with Gasteiger partial charge in [0.25, 0.3) is 0 Å². The van der Waals surface area contributed by atoms with E-state index in [1.54, 1.807) is 20.4 Å². The maximum Gasteiger partial charge on any atom is 0.162 e. The zero-order valence-electron chi connectivity index (χ0n) is 13.2. The summed E-state index contributed by atoms with van der Waals surface area (Å²) in [6, 6.07) is 9.65. The molecule has 0 spiro atoms.